The number of hydrogen-bond acceptors (Lipinski definition) is 3. The van der Waals surface area contributed by atoms with E-state index in [9.17, 15) is 9.18 Å². The summed E-state index contributed by atoms with van der Waals surface area (Å²) in [4.78, 5) is 11.8. The van der Waals surface area contributed by atoms with Gasteiger partial charge in [-0.2, -0.15) is 0 Å². The molecule has 0 fully saturated rings. The van der Waals surface area contributed by atoms with Crippen molar-refractivity contribution >= 4 is 5.97 Å². The first-order chi connectivity index (χ1) is 8.01. The molecule has 17 heavy (non-hydrogen) atoms. The van der Waals surface area contributed by atoms with Crippen LogP contribution in [0.3, 0.4) is 0 Å². The molecule has 0 aliphatic rings. The Balaban J connectivity index is 2.85. The number of carbonyl (C=O) groups excluding carboxylic acids is 1. The van der Waals surface area contributed by atoms with Crippen molar-refractivity contribution in [3.05, 3.63) is 35.6 Å². The quantitative estimate of drug-likeness (QED) is 0.798. The summed E-state index contributed by atoms with van der Waals surface area (Å²) in [6, 6.07) is 6.17. The van der Waals surface area contributed by atoms with E-state index in [0.29, 0.717) is 13.0 Å². The van der Waals surface area contributed by atoms with Crippen LogP contribution in [-0.4, -0.2) is 19.1 Å². The van der Waals surface area contributed by atoms with Crippen LogP contribution in [0.4, 0.5) is 4.39 Å². The molecule has 0 radical (unpaired) electrons. The monoisotopic (exact) mass is 239 g/mol. The molecule has 2 N–H and O–H groups in total. The van der Waals surface area contributed by atoms with Crippen molar-refractivity contribution in [1.29, 1.82) is 0 Å². The van der Waals surface area contributed by atoms with E-state index in [-0.39, 0.29) is 18.3 Å². The van der Waals surface area contributed by atoms with Gasteiger partial charge in [-0.25, -0.2) is 4.39 Å². The van der Waals surface area contributed by atoms with E-state index >= 15 is 0 Å². The molecule has 3 nitrogen and oxygen atoms in total. The summed E-state index contributed by atoms with van der Waals surface area (Å²) in [6.45, 7) is 3.97. The van der Waals surface area contributed by atoms with Crippen molar-refractivity contribution in [3.8, 4) is 0 Å². The molecule has 1 rings (SSSR count). The van der Waals surface area contributed by atoms with Crippen LogP contribution < -0.4 is 5.73 Å². The third kappa shape index (κ3) is 3.53. The average molecular weight is 239 g/mol. The smallest absolute Gasteiger partial charge is 0.313 e. The lowest BCUT2D eigenvalue weighted by atomic mass is 9.83. The van der Waals surface area contributed by atoms with Gasteiger partial charge in [-0.3, -0.25) is 4.79 Å². The van der Waals surface area contributed by atoms with Crippen molar-refractivity contribution < 1.29 is 13.9 Å². The van der Waals surface area contributed by atoms with Crippen molar-refractivity contribution in [1.82, 2.24) is 0 Å². The van der Waals surface area contributed by atoms with E-state index in [4.69, 9.17) is 10.5 Å². The first-order valence-corrected chi connectivity index (χ1v) is 5.63. The van der Waals surface area contributed by atoms with Gasteiger partial charge in [0.15, 0.2) is 0 Å². The van der Waals surface area contributed by atoms with Gasteiger partial charge in [0.05, 0.1) is 12.0 Å². The van der Waals surface area contributed by atoms with Crippen molar-refractivity contribution in [3.63, 3.8) is 0 Å². The molecule has 4 heteroatoms. The van der Waals surface area contributed by atoms with Crippen LogP contribution in [-0.2, 0) is 16.0 Å². The second-order valence-corrected chi connectivity index (χ2v) is 4.29. The summed E-state index contributed by atoms with van der Waals surface area (Å²) in [5.41, 5.74) is 5.57. The predicted molar refractivity (Wildman–Crippen MR) is 63.9 cm³/mol. The summed E-state index contributed by atoms with van der Waals surface area (Å²) in [5, 5.41) is 0. The Labute approximate surface area is 101 Å². The molecule has 0 aromatic heterocycles. The molecule has 0 aliphatic carbocycles. The number of carbonyl (C=O) groups is 1. The van der Waals surface area contributed by atoms with Crippen LogP contribution in [0.15, 0.2) is 24.3 Å². The zero-order valence-electron chi connectivity index (χ0n) is 10.2. The van der Waals surface area contributed by atoms with Gasteiger partial charge in [-0.05, 0) is 38.0 Å². The number of benzene rings is 1. The highest BCUT2D eigenvalue weighted by Gasteiger charge is 2.33. The van der Waals surface area contributed by atoms with Crippen LogP contribution in [0.25, 0.3) is 0 Å². The Kier molecular flexibility index (Phi) is 4.63. The molecule has 1 aromatic carbocycles. The topological polar surface area (TPSA) is 52.3 Å². The first kappa shape index (κ1) is 13.6. The van der Waals surface area contributed by atoms with Gasteiger partial charge in [0.1, 0.15) is 5.82 Å². The van der Waals surface area contributed by atoms with Crippen LogP contribution in [0.5, 0.6) is 0 Å². The van der Waals surface area contributed by atoms with Crippen LogP contribution in [0.2, 0.25) is 0 Å². The van der Waals surface area contributed by atoms with E-state index in [1.807, 2.05) is 0 Å². The lowest BCUT2D eigenvalue weighted by molar-refractivity contribution is -0.153. The number of esters is 1. The molecule has 0 heterocycles. The summed E-state index contributed by atoms with van der Waals surface area (Å²) < 4.78 is 18.0. The van der Waals surface area contributed by atoms with E-state index in [1.54, 1.807) is 26.0 Å². The van der Waals surface area contributed by atoms with Gasteiger partial charge < -0.3 is 10.5 Å². The number of ether oxygens (including phenoxy) is 1. The maximum Gasteiger partial charge on any atom is 0.313 e. The zero-order chi connectivity index (χ0) is 12.9. The van der Waals surface area contributed by atoms with Gasteiger partial charge in [0.25, 0.3) is 0 Å². The minimum Gasteiger partial charge on any atom is -0.466 e. The number of halogens is 1. The SMILES string of the molecule is CCOC(=O)C(C)(CN)Cc1cccc(F)c1. The van der Waals surface area contributed by atoms with Crippen LogP contribution in [0.1, 0.15) is 19.4 Å². The molecule has 94 valence electrons. The predicted octanol–water partition coefficient (Wildman–Crippen LogP) is 1.90. The van der Waals surface area contributed by atoms with Gasteiger partial charge in [0, 0.05) is 6.54 Å². The fourth-order valence-corrected chi connectivity index (χ4v) is 1.63. The Morgan fingerprint density at radius 3 is 2.76 bits per heavy atom. The third-order valence-electron chi connectivity index (χ3n) is 2.70. The van der Waals surface area contributed by atoms with Crippen molar-refractivity contribution in [2.24, 2.45) is 11.1 Å². The number of nitrogens with two attached hydrogens (primary N) is 1. The molecule has 0 spiro atoms. The molecule has 1 aromatic rings. The average Bonchev–Trinajstić information content (AvgIpc) is 2.29. The highest BCUT2D eigenvalue weighted by molar-refractivity contribution is 5.77. The standard InChI is InChI=1S/C13H18FNO2/c1-3-17-12(16)13(2,9-15)8-10-5-4-6-11(14)7-10/h4-7H,3,8-9,15H2,1-2H3. The summed E-state index contributed by atoms with van der Waals surface area (Å²) in [5.74, 6) is -0.655. The summed E-state index contributed by atoms with van der Waals surface area (Å²) >= 11 is 0. The van der Waals surface area contributed by atoms with E-state index in [1.165, 1.54) is 12.1 Å². The summed E-state index contributed by atoms with van der Waals surface area (Å²) in [6.07, 6.45) is 0.375. The molecule has 0 saturated heterocycles. The van der Waals surface area contributed by atoms with Crippen LogP contribution >= 0.6 is 0 Å². The van der Waals surface area contributed by atoms with Crippen LogP contribution in [0, 0.1) is 11.2 Å². The Morgan fingerprint density at radius 2 is 2.24 bits per heavy atom. The van der Waals surface area contributed by atoms with Gasteiger partial charge in [0.2, 0.25) is 0 Å². The van der Waals surface area contributed by atoms with Gasteiger partial charge >= 0.3 is 5.97 Å². The fourth-order valence-electron chi connectivity index (χ4n) is 1.63. The van der Waals surface area contributed by atoms with E-state index < -0.39 is 5.41 Å². The Morgan fingerprint density at radius 1 is 1.53 bits per heavy atom. The normalized spacial score (nSPS) is 14.1. The fraction of sp³-hybridized carbons (Fsp3) is 0.462. The van der Waals surface area contributed by atoms with Crippen molar-refractivity contribution in [2.75, 3.05) is 13.2 Å². The largest absolute Gasteiger partial charge is 0.466 e. The molecular weight excluding hydrogens is 221 g/mol. The van der Waals surface area contributed by atoms with Gasteiger partial charge in [-0.15, -0.1) is 0 Å². The lowest BCUT2D eigenvalue weighted by Crippen LogP contribution is -2.39. The maximum absolute atomic E-state index is 13.0. The lowest BCUT2D eigenvalue weighted by Gasteiger charge is -2.25. The summed E-state index contributed by atoms with van der Waals surface area (Å²) in [7, 11) is 0. The van der Waals surface area contributed by atoms with E-state index in [0.717, 1.165) is 5.56 Å². The Bertz CT molecular complexity index is 395. The molecule has 0 saturated carbocycles. The minimum absolute atomic E-state index is 0.169. The molecule has 0 aliphatic heterocycles. The van der Waals surface area contributed by atoms with E-state index in [2.05, 4.69) is 0 Å². The molecule has 0 bridgehead atoms. The highest BCUT2D eigenvalue weighted by Crippen LogP contribution is 2.23. The zero-order valence-corrected chi connectivity index (χ0v) is 10.2. The number of hydrogen-bond donors (Lipinski definition) is 1. The Hall–Kier alpha value is -1.42. The third-order valence-corrected chi connectivity index (χ3v) is 2.70. The minimum atomic E-state index is -0.802. The highest BCUT2D eigenvalue weighted by atomic mass is 19.1. The molecule has 1 unspecified atom stereocenters. The number of rotatable bonds is 5. The van der Waals surface area contributed by atoms with Gasteiger partial charge in [-0.1, -0.05) is 12.1 Å². The maximum atomic E-state index is 13.0. The van der Waals surface area contributed by atoms with Crippen molar-refractivity contribution in [2.45, 2.75) is 20.3 Å². The molecule has 0 amide bonds. The second-order valence-electron chi connectivity index (χ2n) is 4.29. The molecular formula is C13H18FNO2. The second kappa shape index (κ2) is 5.77. The molecule has 1 atom stereocenters. The first-order valence-electron chi connectivity index (χ1n) is 5.63.